The summed E-state index contributed by atoms with van der Waals surface area (Å²) in [5.74, 6) is -0.575. The molecule has 2 N–H and O–H groups in total. The van der Waals surface area contributed by atoms with Crippen LogP contribution < -0.4 is 20.1 Å². The summed E-state index contributed by atoms with van der Waals surface area (Å²) < 4.78 is 11.5. The molecule has 4 aromatic rings. The first-order chi connectivity index (χ1) is 17.4. The molecule has 0 aliphatic carbocycles. The number of ether oxygens (including phenoxy) is 2. The maximum Gasteiger partial charge on any atom is 0.321 e. The van der Waals surface area contributed by atoms with Gasteiger partial charge in [0.1, 0.15) is 11.5 Å². The summed E-state index contributed by atoms with van der Waals surface area (Å²) in [6, 6.07) is 20.4. The molecule has 1 atom stereocenters. The fraction of sp³-hybridized carbons (Fsp3) is 0.0769. The van der Waals surface area contributed by atoms with Crippen molar-refractivity contribution in [3.05, 3.63) is 106 Å². The van der Waals surface area contributed by atoms with Crippen LogP contribution in [0.3, 0.4) is 0 Å². The lowest BCUT2D eigenvalue weighted by Gasteiger charge is -2.20. The second-order valence-electron chi connectivity index (χ2n) is 7.50. The molecule has 0 radical (unpaired) electrons. The van der Waals surface area contributed by atoms with E-state index in [-0.39, 0.29) is 6.01 Å². The van der Waals surface area contributed by atoms with Crippen LogP contribution in [-0.2, 0) is 9.59 Å². The number of rotatable bonds is 7. The second kappa shape index (κ2) is 11.7. The molecule has 0 bridgehead atoms. The van der Waals surface area contributed by atoms with Crippen LogP contribution >= 0.6 is 27.5 Å². The van der Waals surface area contributed by atoms with Crippen molar-refractivity contribution in [2.45, 2.75) is 6.04 Å². The largest absolute Gasteiger partial charge is 0.497 e. The Bertz CT molecular complexity index is 1350. The van der Waals surface area contributed by atoms with E-state index in [2.05, 4.69) is 36.5 Å². The first kappa shape index (κ1) is 25.2. The van der Waals surface area contributed by atoms with Gasteiger partial charge in [-0.05, 0) is 63.5 Å². The number of nitrogens with zero attached hydrogens (tertiary/aromatic N) is 2. The topological polar surface area (TPSA) is 102 Å². The summed E-state index contributed by atoms with van der Waals surface area (Å²) >= 11 is 9.29. The molecule has 1 aromatic heterocycles. The van der Waals surface area contributed by atoms with E-state index in [0.29, 0.717) is 26.7 Å². The summed E-state index contributed by atoms with van der Waals surface area (Å²) in [4.78, 5) is 33.7. The molecule has 2 amide bonds. The molecule has 182 valence electrons. The third-order valence-electron chi connectivity index (χ3n) is 5.03. The number of methoxy groups -OCH3 is 1. The van der Waals surface area contributed by atoms with E-state index in [4.69, 9.17) is 21.1 Å². The second-order valence-corrected chi connectivity index (χ2v) is 8.85. The zero-order valence-electron chi connectivity index (χ0n) is 18.9. The SMILES string of the molecule is COc1ccc(C(NC(=O)C(=O)Nc2cccc(Oc3ncc(Br)cn3)c2)c2ccc(Cl)cc2)cc1. The average Bonchev–Trinajstić information content (AvgIpc) is 2.89. The molecule has 10 heteroatoms. The van der Waals surface area contributed by atoms with Crippen LogP contribution in [0.25, 0.3) is 0 Å². The lowest BCUT2D eigenvalue weighted by atomic mass is 9.98. The van der Waals surface area contributed by atoms with E-state index in [1.165, 1.54) is 0 Å². The zero-order chi connectivity index (χ0) is 25.5. The van der Waals surface area contributed by atoms with Crippen molar-refractivity contribution < 1.29 is 19.1 Å². The quantitative estimate of drug-likeness (QED) is 0.285. The Hall–Kier alpha value is -3.95. The van der Waals surface area contributed by atoms with Crippen LogP contribution in [0.5, 0.6) is 17.5 Å². The van der Waals surface area contributed by atoms with Crippen molar-refractivity contribution in [2.75, 3.05) is 12.4 Å². The minimum atomic E-state index is -0.834. The van der Waals surface area contributed by atoms with Gasteiger partial charge in [-0.3, -0.25) is 9.59 Å². The molecule has 0 saturated heterocycles. The van der Waals surface area contributed by atoms with E-state index in [1.807, 2.05) is 12.1 Å². The Morgan fingerprint density at radius 1 is 0.889 bits per heavy atom. The van der Waals surface area contributed by atoms with E-state index in [0.717, 1.165) is 11.1 Å². The van der Waals surface area contributed by atoms with Crippen LogP contribution in [0.1, 0.15) is 17.2 Å². The monoisotopic (exact) mass is 566 g/mol. The lowest BCUT2D eigenvalue weighted by Crippen LogP contribution is -2.38. The summed E-state index contributed by atoms with van der Waals surface area (Å²) in [6.07, 6.45) is 3.11. The highest BCUT2D eigenvalue weighted by Gasteiger charge is 2.22. The first-order valence-corrected chi connectivity index (χ1v) is 11.8. The van der Waals surface area contributed by atoms with Gasteiger partial charge in [-0.25, -0.2) is 9.97 Å². The van der Waals surface area contributed by atoms with Gasteiger partial charge in [0.25, 0.3) is 0 Å². The average molecular weight is 568 g/mol. The molecule has 0 spiro atoms. The van der Waals surface area contributed by atoms with Crippen molar-refractivity contribution >= 4 is 45.0 Å². The van der Waals surface area contributed by atoms with Gasteiger partial charge in [-0.2, -0.15) is 0 Å². The molecule has 3 aromatic carbocycles. The van der Waals surface area contributed by atoms with E-state index in [9.17, 15) is 9.59 Å². The number of amides is 2. The predicted molar refractivity (Wildman–Crippen MR) is 139 cm³/mol. The highest BCUT2D eigenvalue weighted by atomic mass is 79.9. The van der Waals surface area contributed by atoms with Crippen molar-refractivity contribution in [1.29, 1.82) is 0 Å². The number of carbonyl (C=O) groups excluding carboxylic acids is 2. The van der Waals surface area contributed by atoms with Crippen LogP contribution in [0, 0.1) is 0 Å². The van der Waals surface area contributed by atoms with Gasteiger partial charge in [-0.1, -0.05) is 41.9 Å². The molecular formula is C26H20BrClN4O4. The number of anilines is 1. The van der Waals surface area contributed by atoms with Crippen molar-refractivity contribution in [3.63, 3.8) is 0 Å². The zero-order valence-corrected chi connectivity index (χ0v) is 21.3. The van der Waals surface area contributed by atoms with Crippen LogP contribution in [0.15, 0.2) is 89.7 Å². The Morgan fingerprint density at radius 2 is 1.53 bits per heavy atom. The third kappa shape index (κ3) is 6.59. The molecule has 0 aliphatic rings. The molecule has 0 saturated carbocycles. The van der Waals surface area contributed by atoms with Gasteiger partial charge < -0.3 is 20.1 Å². The maximum absolute atomic E-state index is 12.9. The minimum absolute atomic E-state index is 0.143. The third-order valence-corrected chi connectivity index (χ3v) is 5.69. The van der Waals surface area contributed by atoms with Gasteiger partial charge in [0.2, 0.25) is 0 Å². The lowest BCUT2D eigenvalue weighted by molar-refractivity contribution is -0.136. The molecule has 1 unspecified atom stereocenters. The number of nitrogens with one attached hydrogen (secondary N) is 2. The van der Waals surface area contributed by atoms with Crippen molar-refractivity contribution in [1.82, 2.24) is 15.3 Å². The Balaban J connectivity index is 1.48. The van der Waals surface area contributed by atoms with Gasteiger partial charge in [0.15, 0.2) is 0 Å². The Morgan fingerprint density at radius 3 is 2.17 bits per heavy atom. The number of hydrogen-bond acceptors (Lipinski definition) is 6. The normalized spacial score (nSPS) is 11.3. The number of halogens is 2. The summed E-state index contributed by atoms with van der Waals surface area (Å²) in [6.45, 7) is 0. The van der Waals surface area contributed by atoms with E-state index in [1.54, 1.807) is 80.2 Å². The predicted octanol–water partition coefficient (Wildman–Crippen LogP) is 5.54. The molecule has 0 aliphatic heterocycles. The van der Waals surface area contributed by atoms with Crippen LogP contribution in [0.2, 0.25) is 5.02 Å². The van der Waals surface area contributed by atoms with Crippen molar-refractivity contribution in [2.24, 2.45) is 0 Å². The molecule has 36 heavy (non-hydrogen) atoms. The minimum Gasteiger partial charge on any atom is -0.497 e. The Kier molecular flexibility index (Phi) is 8.14. The van der Waals surface area contributed by atoms with Crippen LogP contribution in [0.4, 0.5) is 5.69 Å². The number of hydrogen-bond donors (Lipinski definition) is 2. The molecular weight excluding hydrogens is 548 g/mol. The van der Waals surface area contributed by atoms with Gasteiger partial charge >= 0.3 is 17.8 Å². The molecule has 1 heterocycles. The maximum atomic E-state index is 12.9. The fourth-order valence-corrected chi connectivity index (χ4v) is 3.62. The van der Waals surface area contributed by atoms with Gasteiger partial charge in [0, 0.05) is 29.2 Å². The number of carbonyl (C=O) groups is 2. The van der Waals surface area contributed by atoms with E-state index < -0.39 is 17.9 Å². The highest BCUT2D eigenvalue weighted by Crippen LogP contribution is 2.26. The van der Waals surface area contributed by atoms with Crippen molar-refractivity contribution in [3.8, 4) is 17.5 Å². The fourth-order valence-electron chi connectivity index (χ4n) is 3.29. The van der Waals surface area contributed by atoms with Gasteiger partial charge in [0.05, 0.1) is 17.6 Å². The summed E-state index contributed by atoms with van der Waals surface area (Å²) in [7, 11) is 1.57. The number of aromatic nitrogens is 2. The standard InChI is InChI=1S/C26H20BrClN4O4/c1-35-21-11-7-17(8-12-21)23(16-5-9-19(28)10-6-16)32-25(34)24(33)31-20-3-2-4-22(13-20)36-26-29-14-18(27)15-30-26/h2-15,23H,1H3,(H,31,33)(H,32,34). The summed E-state index contributed by atoms with van der Waals surface area (Å²) in [5, 5.41) is 5.95. The van der Waals surface area contributed by atoms with Crippen LogP contribution in [-0.4, -0.2) is 28.9 Å². The molecule has 8 nitrogen and oxygen atoms in total. The Labute approximate surface area is 220 Å². The number of benzene rings is 3. The van der Waals surface area contributed by atoms with E-state index >= 15 is 0 Å². The first-order valence-electron chi connectivity index (χ1n) is 10.7. The smallest absolute Gasteiger partial charge is 0.321 e. The highest BCUT2D eigenvalue weighted by molar-refractivity contribution is 9.10. The molecule has 4 rings (SSSR count). The van der Waals surface area contributed by atoms with Gasteiger partial charge in [-0.15, -0.1) is 0 Å². The molecule has 0 fully saturated rings. The summed E-state index contributed by atoms with van der Waals surface area (Å²) in [5.41, 5.74) is 1.90.